The van der Waals surface area contributed by atoms with Crippen LogP contribution in [0, 0.1) is 0 Å². The monoisotopic (exact) mass is 494 g/mol. The fraction of sp³-hybridized carbons (Fsp3) is 0.455. The Labute approximate surface area is 199 Å². The first-order valence-corrected chi connectivity index (χ1v) is 11.5. The van der Waals surface area contributed by atoms with Gasteiger partial charge in [-0.2, -0.15) is 5.06 Å². The lowest BCUT2D eigenvalue weighted by atomic mass is 9.76. The number of methoxy groups -OCH3 is 2. The van der Waals surface area contributed by atoms with Crippen molar-refractivity contribution in [3.63, 3.8) is 0 Å². The Morgan fingerprint density at radius 1 is 1.21 bits per heavy atom. The summed E-state index contributed by atoms with van der Waals surface area (Å²) in [6, 6.07) is 3.03. The molecule has 0 spiro atoms. The zero-order chi connectivity index (χ0) is 25.0. The maximum absolute atomic E-state index is 13.6. The SMILES string of the molecule is COc1ccc(C=C2C(=O)N3OC4C(O)C=CC(O)C4(O)CC3(SC)C(=O)N2C)c(O)c1OC. The van der Waals surface area contributed by atoms with Crippen LogP contribution in [0.3, 0.4) is 0 Å². The molecule has 12 heteroatoms. The van der Waals surface area contributed by atoms with E-state index in [0.29, 0.717) is 0 Å². The van der Waals surface area contributed by atoms with Crippen molar-refractivity contribution in [2.45, 2.75) is 35.2 Å². The quantitative estimate of drug-likeness (QED) is 0.328. The average molecular weight is 495 g/mol. The van der Waals surface area contributed by atoms with E-state index < -0.39 is 40.6 Å². The molecular weight excluding hydrogens is 468 g/mol. The van der Waals surface area contributed by atoms with Gasteiger partial charge in [0.25, 0.3) is 11.8 Å². The number of carbonyl (C=O) groups excluding carboxylic acids is 2. The minimum absolute atomic E-state index is 0.0536. The second-order valence-electron chi connectivity index (χ2n) is 8.24. The topological polar surface area (TPSA) is 149 Å². The summed E-state index contributed by atoms with van der Waals surface area (Å²) in [5, 5.41) is 43.5. The number of hydrogen-bond acceptors (Lipinski definition) is 10. The van der Waals surface area contributed by atoms with Crippen LogP contribution in [-0.4, -0.2) is 98.5 Å². The molecule has 0 bridgehead atoms. The lowest BCUT2D eigenvalue weighted by Gasteiger charge is -2.57. The summed E-state index contributed by atoms with van der Waals surface area (Å²) in [6.07, 6.45) is 0.878. The van der Waals surface area contributed by atoms with Gasteiger partial charge in [0.2, 0.25) is 5.75 Å². The number of amides is 2. The van der Waals surface area contributed by atoms with Gasteiger partial charge in [-0.3, -0.25) is 14.4 Å². The lowest BCUT2D eigenvalue weighted by Crippen LogP contribution is -2.76. The van der Waals surface area contributed by atoms with Crippen molar-refractivity contribution in [1.82, 2.24) is 9.96 Å². The number of piperazine rings is 1. The zero-order valence-electron chi connectivity index (χ0n) is 19.0. The Kier molecular flexibility index (Phi) is 6.07. The first-order valence-electron chi connectivity index (χ1n) is 10.3. The molecule has 0 aromatic heterocycles. The Hall–Kier alpha value is -2.77. The van der Waals surface area contributed by atoms with Gasteiger partial charge >= 0.3 is 0 Å². The number of nitrogens with zero attached hydrogens (tertiary/aromatic N) is 2. The third-order valence-electron chi connectivity index (χ3n) is 6.46. The highest BCUT2D eigenvalue weighted by atomic mass is 32.2. The molecule has 1 aromatic carbocycles. The molecule has 11 nitrogen and oxygen atoms in total. The van der Waals surface area contributed by atoms with Gasteiger partial charge in [0.05, 0.1) is 14.2 Å². The average Bonchev–Trinajstić information content (AvgIpc) is 2.83. The number of hydrogen-bond donors (Lipinski definition) is 4. The van der Waals surface area contributed by atoms with E-state index in [0.717, 1.165) is 21.7 Å². The number of fused-ring (bicyclic) bond motifs is 2. The van der Waals surface area contributed by atoms with Crippen LogP contribution in [0.15, 0.2) is 30.0 Å². The highest BCUT2D eigenvalue weighted by Crippen LogP contribution is 2.50. The molecule has 4 rings (SSSR count). The highest BCUT2D eigenvalue weighted by molar-refractivity contribution is 8.00. The summed E-state index contributed by atoms with van der Waals surface area (Å²) in [4.78, 5) is 32.3. The fourth-order valence-electron chi connectivity index (χ4n) is 4.55. The number of carbonyl (C=O) groups is 2. The van der Waals surface area contributed by atoms with Gasteiger partial charge in [-0.15, -0.1) is 11.8 Å². The minimum atomic E-state index is -2.01. The van der Waals surface area contributed by atoms with Gasteiger partial charge in [0, 0.05) is 19.0 Å². The van der Waals surface area contributed by atoms with Crippen LogP contribution >= 0.6 is 11.8 Å². The molecule has 2 aliphatic heterocycles. The smallest absolute Gasteiger partial charge is 0.296 e. The number of phenols is 1. The van der Waals surface area contributed by atoms with E-state index in [1.54, 1.807) is 6.26 Å². The van der Waals surface area contributed by atoms with Crippen LogP contribution in [0.25, 0.3) is 6.08 Å². The molecule has 0 saturated carbocycles. The number of aliphatic hydroxyl groups is 3. The zero-order valence-corrected chi connectivity index (χ0v) is 19.8. The van der Waals surface area contributed by atoms with Crippen molar-refractivity contribution in [2.24, 2.45) is 0 Å². The number of aliphatic hydroxyl groups excluding tert-OH is 2. The Balaban J connectivity index is 1.81. The van der Waals surface area contributed by atoms with Crippen molar-refractivity contribution in [3.8, 4) is 17.2 Å². The number of rotatable bonds is 4. The third-order valence-corrected chi connectivity index (χ3v) is 7.62. The lowest BCUT2D eigenvalue weighted by molar-refractivity contribution is -0.325. The molecule has 1 aliphatic carbocycles. The van der Waals surface area contributed by atoms with E-state index in [1.165, 1.54) is 51.6 Å². The minimum Gasteiger partial charge on any atom is -0.504 e. The van der Waals surface area contributed by atoms with Gasteiger partial charge in [0.15, 0.2) is 16.4 Å². The van der Waals surface area contributed by atoms with E-state index >= 15 is 0 Å². The molecule has 3 aliphatic rings. The van der Waals surface area contributed by atoms with E-state index in [-0.39, 0.29) is 34.9 Å². The van der Waals surface area contributed by atoms with Gasteiger partial charge in [0.1, 0.15) is 29.6 Å². The molecule has 0 radical (unpaired) electrons. The van der Waals surface area contributed by atoms with Gasteiger partial charge < -0.3 is 34.8 Å². The summed E-state index contributed by atoms with van der Waals surface area (Å²) in [5.74, 6) is -1.29. The van der Waals surface area contributed by atoms with Crippen molar-refractivity contribution >= 4 is 29.7 Å². The number of thioether (sulfide) groups is 1. The maximum atomic E-state index is 13.6. The maximum Gasteiger partial charge on any atom is 0.296 e. The second kappa shape index (κ2) is 8.47. The van der Waals surface area contributed by atoms with Crippen LogP contribution in [-0.2, 0) is 14.4 Å². The van der Waals surface area contributed by atoms with Gasteiger partial charge in [-0.25, -0.2) is 0 Å². The van der Waals surface area contributed by atoms with Crippen molar-refractivity contribution in [2.75, 3.05) is 27.5 Å². The summed E-state index contributed by atoms with van der Waals surface area (Å²) in [5.41, 5.74) is -1.95. The first-order chi connectivity index (χ1) is 16.0. The summed E-state index contributed by atoms with van der Waals surface area (Å²) >= 11 is 0.972. The van der Waals surface area contributed by atoms with E-state index in [1.807, 2.05) is 0 Å². The molecule has 2 saturated heterocycles. The normalized spacial score (nSPS) is 34.2. The van der Waals surface area contributed by atoms with Gasteiger partial charge in [-0.1, -0.05) is 12.2 Å². The summed E-state index contributed by atoms with van der Waals surface area (Å²) in [7, 11) is 4.15. The number of aromatic hydroxyl groups is 1. The van der Waals surface area contributed by atoms with Crippen LogP contribution in [0.5, 0.6) is 17.2 Å². The fourth-order valence-corrected chi connectivity index (χ4v) is 5.53. The molecule has 2 fully saturated rings. The standard InChI is InChI=1S/C22H26N2O9S/c1-23-12(9-11-5-7-14(31-2)17(32-3)16(11)27)19(28)24-22(34-4,20(23)29)10-21(30)15(26)8-6-13(25)18(21)33-24/h5-9,13,15,18,25-27,30H,10H2,1-4H3. The summed E-state index contributed by atoms with van der Waals surface area (Å²) in [6.45, 7) is 0. The van der Waals surface area contributed by atoms with Crippen LogP contribution in [0.2, 0.25) is 0 Å². The number of phenolic OH excluding ortho intramolecular Hbond substituents is 1. The number of ether oxygens (including phenoxy) is 2. The number of likely N-dealkylation sites (N-methyl/N-ethyl adjacent to an activating group) is 1. The third kappa shape index (κ3) is 3.28. The Morgan fingerprint density at radius 2 is 1.91 bits per heavy atom. The highest BCUT2D eigenvalue weighted by Gasteiger charge is 2.67. The van der Waals surface area contributed by atoms with Crippen molar-refractivity contribution < 1.29 is 44.3 Å². The second-order valence-corrected chi connectivity index (χ2v) is 9.32. The molecule has 2 heterocycles. The predicted octanol–water partition coefficient (Wildman–Crippen LogP) is -0.163. The van der Waals surface area contributed by atoms with Crippen LogP contribution < -0.4 is 9.47 Å². The first kappa shape index (κ1) is 24.4. The van der Waals surface area contributed by atoms with E-state index in [4.69, 9.17) is 14.3 Å². The number of hydroxylamine groups is 2. The van der Waals surface area contributed by atoms with Crippen LogP contribution in [0.4, 0.5) is 0 Å². The van der Waals surface area contributed by atoms with Gasteiger partial charge in [-0.05, 0) is 24.5 Å². The molecule has 5 unspecified atom stereocenters. The van der Waals surface area contributed by atoms with Crippen molar-refractivity contribution in [3.05, 3.63) is 35.5 Å². The molecule has 2 amide bonds. The van der Waals surface area contributed by atoms with E-state index in [9.17, 15) is 30.0 Å². The van der Waals surface area contributed by atoms with E-state index in [2.05, 4.69) is 0 Å². The molecule has 1 aromatic rings. The molecule has 34 heavy (non-hydrogen) atoms. The predicted molar refractivity (Wildman–Crippen MR) is 121 cm³/mol. The number of benzene rings is 1. The molecule has 5 atom stereocenters. The largest absolute Gasteiger partial charge is 0.504 e. The molecular formula is C22H26N2O9S. The molecule has 4 N–H and O–H groups in total. The molecule has 184 valence electrons. The van der Waals surface area contributed by atoms with Crippen molar-refractivity contribution in [1.29, 1.82) is 0 Å². The Morgan fingerprint density at radius 3 is 2.53 bits per heavy atom. The summed E-state index contributed by atoms with van der Waals surface area (Å²) < 4.78 is 10.3. The Bertz CT molecular complexity index is 1090. The van der Waals surface area contributed by atoms with Crippen LogP contribution in [0.1, 0.15) is 12.0 Å².